The van der Waals surface area contributed by atoms with Gasteiger partial charge >= 0.3 is 0 Å². The third kappa shape index (κ3) is 2.03. The number of hydrogen-bond acceptors (Lipinski definition) is 2. The largest absolute Gasteiger partial charge is 0.369 e. The van der Waals surface area contributed by atoms with Gasteiger partial charge in [-0.15, -0.1) is 0 Å². The summed E-state index contributed by atoms with van der Waals surface area (Å²) in [7, 11) is 0. The molecule has 2 atom stereocenters. The van der Waals surface area contributed by atoms with E-state index in [2.05, 4.69) is 37.9 Å². The summed E-state index contributed by atoms with van der Waals surface area (Å²) >= 11 is 0. The second kappa shape index (κ2) is 5.12. The third-order valence-corrected chi connectivity index (χ3v) is 6.87. The summed E-state index contributed by atoms with van der Waals surface area (Å²) in [6, 6.07) is 4.16. The maximum Gasteiger partial charge on any atom is 0.270 e. The highest BCUT2D eigenvalue weighted by Crippen LogP contribution is 2.62. The average molecular weight is 353 g/mol. The van der Waals surface area contributed by atoms with E-state index >= 15 is 0 Å². The number of H-pyrrole nitrogens is 1. The number of primary amides is 1. The third-order valence-electron chi connectivity index (χ3n) is 6.87. The Hall–Kier alpha value is -2.30. The summed E-state index contributed by atoms with van der Waals surface area (Å²) in [4.78, 5) is 30.6. The molecule has 0 radical (unpaired) electrons. The Morgan fingerprint density at radius 2 is 1.85 bits per heavy atom. The van der Waals surface area contributed by atoms with Crippen LogP contribution in [0.15, 0.2) is 12.1 Å². The zero-order chi connectivity index (χ0) is 19.0. The lowest BCUT2D eigenvalue weighted by molar-refractivity contribution is -0.148. The molecule has 1 aliphatic carbocycles. The van der Waals surface area contributed by atoms with E-state index in [4.69, 9.17) is 5.73 Å². The fourth-order valence-electron chi connectivity index (χ4n) is 5.55. The lowest BCUT2D eigenvalue weighted by Gasteiger charge is -2.54. The number of carbonyl (C=O) groups excluding carboxylic acids is 2. The Labute approximate surface area is 153 Å². The van der Waals surface area contributed by atoms with Crippen LogP contribution in [0.4, 0.5) is 0 Å². The molecule has 2 heterocycles. The van der Waals surface area contributed by atoms with Gasteiger partial charge in [-0.05, 0) is 55.2 Å². The number of benzene rings is 1. The standard InChI is InChI=1S/C21H27N3O2/c1-11-6-7-12(2)16-15(11)13(3)17(23-16)18(25)24-8-14-20(4,5)9-21(14,10-24)19(22)26/h6-7,14,23H,8-10H2,1-5H3,(H2,22,26)/t14-,21+/m1/s1. The zero-order valence-corrected chi connectivity index (χ0v) is 16.2. The van der Waals surface area contributed by atoms with Gasteiger partial charge in [0.1, 0.15) is 5.69 Å². The van der Waals surface area contributed by atoms with Crippen molar-refractivity contribution in [2.24, 2.45) is 22.5 Å². The molecule has 0 spiro atoms. The maximum absolute atomic E-state index is 13.3. The molecule has 1 saturated carbocycles. The van der Waals surface area contributed by atoms with Gasteiger partial charge in [-0.3, -0.25) is 9.59 Å². The van der Waals surface area contributed by atoms with E-state index in [1.54, 1.807) is 0 Å². The van der Waals surface area contributed by atoms with Gasteiger partial charge in [0.15, 0.2) is 0 Å². The fourth-order valence-corrected chi connectivity index (χ4v) is 5.55. The van der Waals surface area contributed by atoms with Crippen LogP contribution in [0.5, 0.6) is 0 Å². The molecule has 5 heteroatoms. The summed E-state index contributed by atoms with van der Waals surface area (Å²) in [6.45, 7) is 11.5. The van der Waals surface area contributed by atoms with Crippen molar-refractivity contribution in [3.63, 3.8) is 0 Å². The molecule has 0 unspecified atom stereocenters. The van der Waals surface area contributed by atoms with Gasteiger partial charge in [0, 0.05) is 24.0 Å². The number of aromatic amines is 1. The molecule has 2 amide bonds. The van der Waals surface area contributed by atoms with Gasteiger partial charge < -0.3 is 15.6 Å². The summed E-state index contributed by atoms with van der Waals surface area (Å²) in [5, 5.41) is 1.13. The highest BCUT2D eigenvalue weighted by molar-refractivity contribution is 6.03. The zero-order valence-electron chi connectivity index (χ0n) is 16.2. The first-order valence-electron chi connectivity index (χ1n) is 9.26. The van der Waals surface area contributed by atoms with Crippen molar-refractivity contribution in [1.29, 1.82) is 0 Å². The van der Waals surface area contributed by atoms with Crippen LogP contribution in [0, 0.1) is 37.5 Å². The minimum atomic E-state index is -0.551. The SMILES string of the molecule is Cc1ccc(C)c2c(C)c(C(=O)N3C[C@@H]4C(C)(C)C[C@]4(C(N)=O)C3)[nH]c12. The van der Waals surface area contributed by atoms with Gasteiger partial charge in [0.2, 0.25) is 5.91 Å². The molecular weight excluding hydrogens is 326 g/mol. The van der Waals surface area contributed by atoms with Gasteiger partial charge in [-0.25, -0.2) is 0 Å². The van der Waals surface area contributed by atoms with Crippen molar-refractivity contribution in [2.75, 3.05) is 13.1 Å². The Balaban J connectivity index is 1.73. The molecule has 2 aliphatic rings. The van der Waals surface area contributed by atoms with Crippen molar-refractivity contribution < 1.29 is 9.59 Å². The molecule has 1 aromatic carbocycles. The number of aromatic nitrogens is 1. The van der Waals surface area contributed by atoms with Crippen LogP contribution in [0.2, 0.25) is 0 Å². The van der Waals surface area contributed by atoms with Crippen LogP contribution < -0.4 is 5.73 Å². The van der Waals surface area contributed by atoms with Crippen LogP contribution >= 0.6 is 0 Å². The van der Waals surface area contributed by atoms with E-state index in [1.165, 1.54) is 0 Å². The molecule has 4 rings (SSSR count). The summed E-state index contributed by atoms with van der Waals surface area (Å²) in [5.74, 6) is -0.148. The molecule has 3 N–H and O–H groups in total. The van der Waals surface area contributed by atoms with Crippen molar-refractivity contribution in [1.82, 2.24) is 9.88 Å². The first-order valence-corrected chi connectivity index (χ1v) is 9.26. The number of hydrogen-bond donors (Lipinski definition) is 2. The molecule has 26 heavy (non-hydrogen) atoms. The quantitative estimate of drug-likeness (QED) is 0.870. The van der Waals surface area contributed by atoms with Gasteiger partial charge in [0.05, 0.1) is 5.41 Å². The lowest BCUT2D eigenvalue weighted by Crippen LogP contribution is -2.59. The van der Waals surface area contributed by atoms with E-state index in [-0.39, 0.29) is 23.1 Å². The van der Waals surface area contributed by atoms with Gasteiger partial charge in [-0.2, -0.15) is 0 Å². The Bertz CT molecular complexity index is 956. The number of carbonyl (C=O) groups is 2. The molecule has 2 aromatic rings. The van der Waals surface area contributed by atoms with Crippen LogP contribution in [-0.4, -0.2) is 34.8 Å². The number of likely N-dealkylation sites (tertiary alicyclic amines) is 1. The first-order chi connectivity index (χ1) is 12.1. The van der Waals surface area contributed by atoms with E-state index < -0.39 is 5.41 Å². The van der Waals surface area contributed by atoms with Gasteiger partial charge in [-0.1, -0.05) is 26.0 Å². The molecule has 2 fully saturated rings. The topological polar surface area (TPSA) is 79.2 Å². The smallest absolute Gasteiger partial charge is 0.270 e. The molecule has 138 valence electrons. The van der Waals surface area contributed by atoms with Crippen molar-refractivity contribution in [3.8, 4) is 0 Å². The van der Waals surface area contributed by atoms with Crippen LogP contribution in [0.25, 0.3) is 10.9 Å². The number of nitrogens with one attached hydrogen (secondary N) is 1. The number of fused-ring (bicyclic) bond motifs is 2. The maximum atomic E-state index is 13.3. The average Bonchev–Trinajstić information content (AvgIpc) is 3.08. The molecule has 1 aromatic heterocycles. The number of aryl methyl sites for hydroxylation is 3. The Morgan fingerprint density at radius 3 is 2.38 bits per heavy atom. The normalized spacial score (nSPS) is 26.7. The molecule has 5 nitrogen and oxygen atoms in total. The monoisotopic (exact) mass is 353 g/mol. The Kier molecular flexibility index (Phi) is 3.37. The molecule has 1 aliphatic heterocycles. The second-order valence-electron chi connectivity index (χ2n) is 9.00. The minimum Gasteiger partial charge on any atom is -0.369 e. The highest BCUT2D eigenvalue weighted by Gasteiger charge is 2.66. The molecule has 0 bridgehead atoms. The van der Waals surface area contributed by atoms with Crippen LogP contribution in [0.1, 0.15) is 47.4 Å². The lowest BCUT2D eigenvalue weighted by atomic mass is 9.48. The minimum absolute atomic E-state index is 0.0247. The summed E-state index contributed by atoms with van der Waals surface area (Å²) in [6.07, 6.45) is 0.758. The van der Waals surface area contributed by atoms with Crippen LogP contribution in [0.3, 0.4) is 0 Å². The first kappa shape index (κ1) is 17.1. The molecule has 1 saturated heterocycles. The Morgan fingerprint density at radius 1 is 1.19 bits per heavy atom. The summed E-state index contributed by atoms with van der Waals surface area (Å²) < 4.78 is 0. The van der Waals surface area contributed by atoms with Gasteiger partial charge in [0.25, 0.3) is 5.91 Å². The van der Waals surface area contributed by atoms with E-state index in [1.807, 2.05) is 18.7 Å². The van der Waals surface area contributed by atoms with E-state index in [0.717, 1.165) is 34.0 Å². The number of nitrogens with two attached hydrogens (primary N) is 1. The van der Waals surface area contributed by atoms with Crippen LogP contribution in [-0.2, 0) is 4.79 Å². The number of amides is 2. The number of nitrogens with zero attached hydrogens (tertiary/aromatic N) is 1. The highest BCUT2D eigenvalue weighted by atomic mass is 16.2. The van der Waals surface area contributed by atoms with Crippen molar-refractivity contribution >= 4 is 22.7 Å². The predicted octanol–water partition coefficient (Wildman–Crippen LogP) is 3.07. The number of rotatable bonds is 2. The van der Waals surface area contributed by atoms with E-state index in [9.17, 15) is 9.59 Å². The van der Waals surface area contributed by atoms with Crippen molar-refractivity contribution in [2.45, 2.75) is 41.0 Å². The summed E-state index contributed by atoms with van der Waals surface area (Å²) in [5.41, 5.74) is 10.2. The molecular formula is C21H27N3O2. The predicted molar refractivity (Wildman–Crippen MR) is 102 cm³/mol. The fraction of sp³-hybridized carbons (Fsp3) is 0.524. The van der Waals surface area contributed by atoms with E-state index in [0.29, 0.717) is 18.8 Å². The second-order valence-corrected chi connectivity index (χ2v) is 9.00. The van der Waals surface area contributed by atoms with Crippen molar-refractivity contribution in [3.05, 3.63) is 34.5 Å².